The van der Waals surface area contributed by atoms with Crippen molar-refractivity contribution in [1.29, 1.82) is 5.26 Å². The molecule has 1 aliphatic rings. The summed E-state index contributed by atoms with van der Waals surface area (Å²) in [4.78, 5) is 2.32. The van der Waals surface area contributed by atoms with Crippen molar-refractivity contribution >= 4 is 0 Å². The number of rotatable bonds is 6. The molecule has 1 aliphatic carbocycles. The number of benzene rings is 1. The molecule has 21 heavy (non-hydrogen) atoms. The monoisotopic (exact) mass is 285 g/mol. The first kappa shape index (κ1) is 16.0. The van der Waals surface area contributed by atoms with Crippen LogP contribution in [-0.2, 0) is 5.54 Å². The molecule has 0 radical (unpaired) electrons. The van der Waals surface area contributed by atoms with E-state index in [2.05, 4.69) is 23.3 Å². The Morgan fingerprint density at radius 1 is 1.24 bits per heavy atom. The lowest BCUT2D eigenvalue weighted by molar-refractivity contribution is 0.199. The van der Waals surface area contributed by atoms with E-state index in [0.29, 0.717) is 0 Å². The molecule has 0 spiro atoms. The van der Waals surface area contributed by atoms with Gasteiger partial charge >= 0.3 is 0 Å². The van der Waals surface area contributed by atoms with E-state index in [9.17, 15) is 5.26 Å². The van der Waals surface area contributed by atoms with Crippen LogP contribution in [-0.4, -0.2) is 32.1 Å². The molecule has 0 amide bonds. The number of nitrogens with one attached hydrogen (secondary N) is 1. The second kappa shape index (κ2) is 7.59. The normalized spacial score (nSPS) is 19.1. The van der Waals surface area contributed by atoms with Gasteiger partial charge in [0.2, 0.25) is 0 Å². The van der Waals surface area contributed by atoms with Crippen LogP contribution in [0, 0.1) is 17.2 Å². The summed E-state index contributed by atoms with van der Waals surface area (Å²) in [5.41, 5.74) is 0.426. The van der Waals surface area contributed by atoms with Crippen LogP contribution in [0.2, 0.25) is 0 Å². The van der Waals surface area contributed by atoms with E-state index in [4.69, 9.17) is 0 Å². The van der Waals surface area contributed by atoms with Crippen LogP contribution in [0.5, 0.6) is 0 Å². The molecule has 0 heterocycles. The molecule has 114 valence electrons. The van der Waals surface area contributed by atoms with Crippen molar-refractivity contribution in [2.45, 2.75) is 37.6 Å². The SMILES string of the molecule is CNC(C#N)(CN(C)CC1CCCCC1)c1ccccc1. The maximum absolute atomic E-state index is 9.75. The smallest absolute Gasteiger partial charge is 0.144 e. The maximum atomic E-state index is 9.75. The van der Waals surface area contributed by atoms with E-state index < -0.39 is 5.54 Å². The van der Waals surface area contributed by atoms with Crippen molar-refractivity contribution in [1.82, 2.24) is 10.2 Å². The van der Waals surface area contributed by atoms with Gasteiger partial charge in [-0.3, -0.25) is 5.32 Å². The minimum atomic E-state index is -0.620. The van der Waals surface area contributed by atoms with Crippen LogP contribution < -0.4 is 5.32 Å². The molecule has 1 N–H and O–H groups in total. The van der Waals surface area contributed by atoms with Crippen molar-refractivity contribution in [2.24, 2.45) is 5.92 Å². The van der Waals surface area contributed by atoms with Crippen molar-refractivity contribution in [3.8, 4) is 6.07 Å². The predicted octanol–water partition coefficient (Wildman–Crippen LogP) is 3.14. The molecule has 0 aliphatic heterocycles. The van der Waals surface area contributed by atoms with E-state index in [1.165, 1.54) is 32.1 Å². The van der Waals surface area contributed by atoms with Crippen molar-refractivity contribution in [3.05, 3.63) is 35.9 Å². The molecule has 0 aromatic heterocycles. The van der Waals surface area contributed by atoms with E-state index in [-0.39, 0.29) is 0 Å². The van der Waals surface area contributed by atoms with E-state index in [1.54, 1.807) is 0 Å². The van der Waals surface area contributed by atoms with Crippen molar-refractivity contribution in [3.63, 3.8) is 0 Å². The Balaban J connectivity index is 2.04. The van der Waals surface area contributed by atoms with E-state index in [0.717, 1.165) is 24.6 Å². The molecule has 3 heteroatoms. The second-order valence-electron chi connectivity index (χ2n) is 6.33. The molecule has 3 nitrogen and oxygen atoms in total. The fourth-order valence-electron chi connectivity index (χ4n) is 3.47. The van der Waals surface area contributed by atoms with Crippen LogP contribution in [0.3, 0.4) is 0 Å². The third-order valence-corrected chi connectivity index (χ3v) is 4.69. The van der Waals surface area contributed by atoms with Gasteiger partial charge in [-0.15, -0.1) is 0 Å². The summed E-state index contributed by atoms with van der Waals surface area (Å²) >= 11 is 0. The molecular weight excluding hydrogens is 258 g/mol. The highest BCUT2D eigenvalue weighted by molar-refractivity contribution is 5.31. The molecule has 1 atom stereocenters. The zero-order valence-corrected chi connectivity index (χ0v) is 13.3. The highest BCUT2D eigenvalue weighted by atomic mass is 15.1. The van der Waals surface area contributed by atoms with Gasteiger partial charge in [0.15, 0.2) is 0 Å². The average molecular weight is 285 g/mol. The van der Waals surface area contributed by atoms with Crippen LogP contribution in [0.25, 0.3) is 0 Å². The first-order valence-corrected chi connectivity index (χ1v) is 8.04. The Bertz CT molecular complexity index is 459. The van der Waals surface area contributed by atoms with Crippen molar-refractivity contribution in [2.75, 3.05) is 27.2 Å². The Labute approximate surface area is 129 Å². The number of nitrogens with zero attached hydrogens (tertiary/aromatic N) is 2. The summed E-state index contributed by atoms with van der Waals surface area (Å²) in [6, 6.07) is 12.6. The Kier molecular flexibility index (Phi) is 5.78. The Morgan fingerprint density at radius 3 is 2.48 bits per heavy atom. The van der Waals surface area contributed by atoms with Crippen LogP contribution in [0.1, 0.15) is 37.7 Å². The lowest BCUT2D eigenvalue weighted by atomic mass is 9.87. The second-order valence-corrected chi connectivity index (χ2v) is 6.33. The minimum Gasteiger partial charge on any atom is -0.303 e. The molecule has 1 fully saturated rings. The fourth-order valence-corrected chi connectivity index (χ4v) is 3.47. The van der Waals surface area contributed by atoms with Crippen LogP contribution >= 0.6 is 0 Å². The predicted molar refractivity (Wildman–Crippen MR) is 86.9 cm³/mol. The van der Waals surface area contributed by atoms with Gasteiger partial charge in [0.05, 0.1) is 6.07 Å². The third kappa shape index (κ3) is 4.06. The topological polar surface area (TPSA) is 39.1 Å². The summed E-state index contributed by atoms with van der Waals surface area (Å²) in [5.74, 6) is 0.799. The third-order valence-electron chi connectivity index (χ3n) is 4.69. The van der Waals surface area contributed by atoms with Gasteiger partial charge in [0.1, 0.15) is 5.54 Å². The molecule has 2 rings (SSSR count). The number of likely N-dealkylation sites (N-methyl/N-ethyl adjacent to an activating group) is 2. The first-order chi connectivity index (χ1) is 10.2. The van der Waals surface area contributed by atoms with Crippen LogP contribution in [0.15, 0.2) is 30.3 Å². The highest BCUT2D eigenvalue weighted by Crippen LogP contribution is 2.26. The summed E-state index contributed by atoms with van der Waals surface area (Å²) in [6.45, 7) is 1.82. The van der Waals surface area contributed by atoms with Crippen LogP contribution in [0.4, 0.5) is 0 Å². The highest BCUT2D eigenvalue weighted by Gasteiger charge is 2.32. The summed E-state index contributed by atoms with van der Waals surface area (Å²) in [7, 11) is 4.02. The standard InChI is InChI=1S/C18H27N3/c1-20-18(14-19,17-11-7-4-8-12-17)15-21(2)13-16-9-5-3-6-10-16/h4,7-8,11-12,16,20H,3,5-6,9-10,13,15H2,1-2H3. The molecule has 0 bridgehead atoms. The molecule has 1 saturated carbocycles. The lowest BCUT2D eigenvalue weighted by Gasteiger charge is -2.34. The molecule has 0 saturated heterocycles. The fraction of sp³-hybridized carbons (Fsp3) is 0.611. The number of hydrogen-bond acceptors (Lipinski definition) is 3. The molecule has 1 unspecified atom stereocenters. The van der Waals surface area contributed by atoms with Gasteiger partial charge in [-0.2, -0.15) is 5.26 Å². The van der Waals surface area contributed by atoms with Gasteiger partial charge in [-0.25, -0.2) is 0 Å². The van der Waals surface area contributed by atoms with Gasteiger partial charge in [-0.1, -0.05) is 49.6 Å². The summed E-state index contributed by atoms with van der Waals surface area (Å²) < 4.78 is 0. The number of nitriles is 1. The van der Waals surface area contributed by atoms with Crippen molar-refractivity contribution < 1.29 is 0 Å². The Hall–Kier alpha value is -1.37. The van der Waals surface area contributed by atoms with Gasteiger partial charge < -0.3 is 4.90 Å². The molecule has 1 aromatic rings. The summed E-state index contributed by atoms with van der Waals surface area (Å²) in [5, 5.41) is 13.0. The largest absolute Gasteiger partial charge is 0.303 e. The van der Waals surface area contributed by atoms with E-state index >= 15 is 0 Å². The first-order valence-electron chi connectivity index (χ1n) is 8.04. The zero-order valence-electron chi connectivity index (χ0n) is 13.3. The maximum Gasteiger partial charge on any atom is 0.144 e. The summed E-state index contributed by atoms with van der Waals surface area (Å²) in [6.07, 6.45) is 6.81. The minimum absolute atomic E-state index is 0.620. The van der Waals surface area contributed by atoms with Gasteiger partial charge in [0, 0.05) is 13.1 Å². The molecular formula is C18H27N3. The van der Waals surface area contributed by atoms with E-state index in [1.807, 2.05) is 37.4 Å². The number of hydrogen-bond donors (Lipinski definition) is 1. The Morgan fingerprint density at radius 2 is 1.90 bits per heavy atom. The van der Waals surface area contributed by atoms with Gasteiger partial charge in [-0.05, 0) is 38.4 Å². The lowest BCUT2D eigenvalue weighted by Crippen LogP contribution is -2.48. The molecule has 1 aromatic carbocycles. The van der Waals surface area contributed by atoms with Gasteiger partial charge in [0.25, 0.3) is 0 Å². The quantitative estimate of drug-likeness (QED) is 0.872. The zero-order chi connectivity index (χ0) is 15.1. The average Bonchev–Trinajstić information content (AvgIpc) is 2.54.